The number of carbonyl (C=O) groups is 1. The molecule has 0 aliphatic carbocycles. The van der Waals surface area contributed by atoms with Gasteiger partial charge in [-0.3, -0.25) is 9.48 Å². The lowest BCUT2D eigenvalue weighted by Gasteiger charge is -2.32. The van der Waals surface area contributed by atoms with Gasteiger partial charge in [0.1, 0.15) is 0 Å². The summed E-state index contributed by atoms with van der Waals surface area (Å²) in [6.45, 7) is 2.55. The highest BCUT2D eigenvalue weighted by atomic mass is 16.2. The summed E-state index contributed by atoms with van der Waals surface area (Å²) in [5, 5.41) is 4.24. The van der Waals surface area contributed by atoms with Crippen molar-refractivity contribution >= 4 is 11.6 Å². The zero-order valence-electron chi connectivity index (χ0n) is 12.0. The second-order valence-corrected chi connectivity index (χ2v) is 5.59. The van der Waals surface area contributed by atoms with E-state index in [1.165, 1.54) is 0 Å². The molecular formula is C16H20N4O. The highest BCUT2D eigenvalue weighted by molar-refractivity contribution is 5.95. The van der Waals surface area contributed by atoms with Crippen LogP contribution in [-0.2, 0) is 6.54 Å². The van der Waals surface area contributed by atoms with E-state index in [4.69, 9.17) is 5.73 Å². The molecule has 1 aliphatic heterocycles. The number of carbonyl (C=O) groups excluding carboxylic acids is 1. The summed E-state index contributed by atoms with van der Waals surface area (Å²) in [6.07, 6.45) is 5.84. The number of nitrogens with two attached hydrogens (primary N) is 1. The molecule has 1 aliphatic rings. The van der Waals surface area contributed by atoms with Crippen LogP contribution in [-0.4, -0.2) is 33.7 Å². The zero-order chi connectivity index (χ0) is 14.7. The van der Waals surface area contributed by atoms with Gasteiger partial charge < -0.3 is 10.6 Å². The largest absolute Gasteiger partial charge is 0.399 e. The molecule has 0 bridgehead atoms. The molecule has 1 saturated heterocycles. The smallest absolute Gasteiger partial charge is 0.253 e. The van der Waals surface area contributed by atoms with Gasteiger partial charge in [0, 0.05) is 43.3 Å². The maximum absolute atomic E-state index is 12.4. The van der Waals surface area contributed by atoms with E-state index in [0.717, 1.165) is 32.5 Å². The summed E-state index contributed by atoms with van der Waals surface area (Å²) < 4.78 is 1.97. The summed E-state index contributed by atoms with van der Waals surface area (Å²) >= 11 is 0. The molecule has 2 aromatic rings. The number of nitrogens with zero attached hydrogens (tertiary/aromatic N) is 3. The average molecular weight is 284 g/mol. The van der Waals surface area contributed by atoms with E-state index in [1.54, 1.807) is 18.3 Å². The van der Waals surface area contributed by atoms with Crippen molar-refractivity contribution in [1.29, 1.82) is 0 Å². The van der Waals surface area contributed by atoms with Gasteiger partial charge in [0.25, 0.3) is 5.91 Å². The minimum atomic E-state index is 0.0832. The molecule has 2 heterocycles. The van der Waals surface area contributed by atoms with Gasteiger partial charge in [0.05, 0.1) is 0 Å². The fraction of sp³-hybridized carbons (Fsp3) is 0.375. The van der Waals surface area contributed by atoms with Crippen molar-refractivity contribution in [3.8, 4) is 0 Å². The second-order valence-electron chi connectivity index (χ2n) is 5.59. The molecule has 0 saturated carbocycles. The van der Waals surface area contributed by atoms with Crippen molar-refractivity contribution < 1.29 is 4.79 Å². The summed E-state index contributed by atoms with van der Waals surface area (Å²) in [5.74, 6) is 0.676. The van der Waals surface area contributed by atoms with E-state index in [-0.39, 0.29) is 5.91 Å². The molecule has 2 N–H and O–H groups in total. The van der Waals surface area contributed by atoms with Crippen LogP contribution in [0.5, 0.6) is 0 Å². The molecule has 5 nitrogen and oxygen atoms in total. The highest BCUT2D eigenvalue weighted by Crippen LogP contribution is 2.21. The van der Waals surface area contributed by atoms with Crippen LogP contribution < -0.4 is 5.73 Å². The summed E-state index contributed by atoms with van der Waals surface area (Å²) in [4.78, 5) is 14.4. The molecule has 3 rings (SSSR count). The molecule has 1 aromatic heterocycles. The van der Waals surface area contributed by atoms with Crippen molar-refractivity contribution in [2.45, 2.75) is 19.4 Å². The molecule has 1 amide bonds. The molecule has 21 heavy (non-hydrogen) atoms. The number of rotatable bonds is 3. The van der Waals surface area contributed by atoms with E-state index in [9.17, 15) is 4.79 Å². The Balaban J connectivity index is 1.57. The number of hydrogen-bond acceptors (Lipinski definition) is 3. The molecule has 1 fully saturated rings. The molecule has 110 valence electrons. The van der Waals surface area contributed by atoms with Crippen molar-refractivity contribution in [3.05, 3.63) is 48.3 Å². The molecule has 0 spiro atoms. The fourth-order valence-corrected chi connectivity index (χ4v) is 2.85. The first-order chi connectivity index (χ1) is 10.2. The van der Waals surface area contributed by atoms with Crippen molar-refractivity contribution in [1.82, 2.24) is 14.7 Å². The Morgan fingerprint density at radius 1 is 1.29 bits per heavy atom. The number of benzene rings is 1. The third-order valence-corrected chi connectivity index (χ3v) is 4.04. The maximum atomic E-state index is 12.4. The normalized spacial score (nSPS) is 16.1. The Morgan fingerprint density at radius 2 is 2.10 bits per heavy atom. The lowest BCUT2D eigenvalue weighted by Crippen LogP contribution is -2.39. The number of nitrogen functional groups attached to an aromatic ring is 1. The van der Waals surface area contributed by atoms with Gasteiger partial charge in [-0.25, -0.2) is 0 Å². The first kappa shape index (κ1) is 13.7. The molecule has 0 unspecified atom stereocenters. The Labute approximate surface area is 124 Å². The van der Waals surface area contributed by atoms with E-state index in [2.05, 4.69) is 5.10 Å². The van der Waals surface area contributed by atoms with E-state index < -0.39 is 0 Å². The standard InChI is InChI=1S/C16H20N4O/c17-15-4-1-3-14(11-15)16(21)19-9-5-13(6-10-19)12-20-8-2-7-18-20/h1-4,7-8,11,13H,5-6,9-10,12,17H2. The van der Waals surface area contributed by atoms with Crippen LogP contribution in [0.25, 0.3) is 0 Å². The third-order valence-electron chi connectivity index (χ3n) is 4.04. The number of likely N-dealkylation sites (tertiary alicyclic amines) is 1. The number of anilines is 1. The van der Waals surface area contributed by atoms with Gasteiger partial charge in [0.2, 0.25) is 0 Å². The van der Waals surface area contributed by atoms with Crippen molar-refractivity contribution in [2.75, 3.05) is 18.8 Å². The lowest BCUT2D eigenvalue weighted by atomic mass is 9.96. The first-order valence-corrected chi connectivity index (χ1v) is 7.34. The van der Waals surface area contributed by atoms with Crippen molar-refractivity contribution in [3.63, 3.8) is 0 Å². The lowest BCUT2D eigenvalue weighted by molar-refractivity contribution is 0.0681. The fourth-order valence-electron chi connectivity index (χ4n) is 2.85. The van der Waals surface area contributed by atoms with Gasteiger partial charge in [-0.15, -0.1) is 0 Å². The van der Waals surface area contributed by atoms with E-state index in [0.29, 0.717) is 17.2 Å². The van der Waals surface area contributed by atoms with Crippen LogP contribution in [0.1, 0.15) is 23.2 Å². The molecule has 5 heteroatoms. The Hall–Kier alpha value is -2.30. The van der Waals surface area contributed by atoms with Crippen molar-refractivity contribution in [2.24, 2.45) is 5.92 Å². The van der Waals surface area contributed by atoms with Gasteiger partial charge in [-0.05, 0) is 43.0 Å². The molecule has 1 aromatic carbocycles. The van der Waals surface area contributed by atoms with Gasteiger partial charge in [-0.1, -0.05) is 6.07 Å². The Kier molecular flexibility index (Phi) is 3.90. The quantitative estimate of drug-likeness (QED) is 0.877. The first-order valence-electron chi connectivity index (χ1n) is 7.34. The third kappa shape index (κ3) is 3.24. The summed E-state index contributed by atoms with van der Waals surface area (Å²) in [7, 11) is 0. The summed E-state index contributed by atoms with van der Waals surface area (Å²) in [5.41, 5.74) is 7.06. The predicted octanol–water partition coefficient (Wildman–Crippen LogP) is 2.02. The zero-order valence-corrected chi connectivity index (χ0v) is 12.0. The minimum absolute atomic E-state index is 0.0832. The highest BCUT2D eigenvalue weighted by Gasteiger charge is 2.23. The molecule has 0 atom stereocenters. The number of amides is 1. The average Bonchev–Trinajstić information content (AvgIpc) is 3.00. The van der Waals surface area contributed by atoms with Gasteiger partial charge in [-0.2, -0.15) is 5.10 Å². The minimum Gasteiger partial charge on any atom is -0.399 e. The van der Waals surface area contributed by atoms with E-state index >= 15 is 0 Å². The van der Waals surface area contributed by atoms with Crippen LogP contribution >= 0.6 is 0 Å². The van der Waals surface area contributed by atoms with Crippen LogP contribution in [0.15, 0.2) is 42.7 Å². The molecule has 0 radical (unpaired) electrons. The van der Waals surface area contributed by atoms with Crippen LogP contribution in [0.4, 0.5) is 5.69 Å². The summed E-state index contributed by atoms with van der Waals surface area (Å²) in [6, 6.07) is 9.14. The Morgan fingerprint density at radius 3 is 2.76 bits per heavy atom. The topological polar surface area (TPSA) is 64.2 Å². The maximum Gasteiger partial charge on any atom is 0.253 e. The number of piperidine rings is 1. The monoisotopic (exact) mass is 284 g/mol. The number of aromatic nitrogens is 2. The Bertz CT molecular complexity index is 600. The van der Waals surface area contributed by atoms with E-state index in [1.807, 2.05) is 34.0 Å². The van der Waals surface area contributed by atoms with Crippen LogP contribution in [0.3, 0.4) is 0 Å². The van der Waals surface area contributed by atoms with Crippen LogP contribution in [0.2, 0.25) is 0 Å². The van der Waals surface area contributed by atoms with Gasteiger partial charge >= 0.3 is 0 Å². The second kappa shape index (κ2) is 5.99. The molecular weight excluding hydrogens is 264 g/mol. The predicted molar refractivity (Wildman–Crippen MR) is 81.7 cm³/mol. The number of hydrogen-bond donors (Lipinski definition) is 1. The van der Waals surface area contributed by atoms with Crippen LogP contribution in [0, 0.1) is 5.92 Å². The van der Waals surface area contributed by atoms with Gasteiger partial charge in [0.15, 0.2) is 0 Å². The SMILES string of the molecule is Nc1cccc(C(=O)N2CCC(Cn3cccn3)CC2)c1.